The number of pyridine rings is 1. The summed E-state index contributed by atoms with van der Waals surface area (Å²) < 4.78 is 5.56. The van der Waals surface area contributed by atoms with Crippen LogP contribution in [0.2, 0.25) is 5.15 Å². The molecule has 0 aromatic carbocycles. The second-order valence-corrected chi connectivity index (χ2v) is 5.64. The van der Waals surface area contributed by atoms with Crippen molar-refractivity contribution in [3.8, 4) is 0 Å². The van der Waals surface area contributed by atoms with E-state index in [-0.39, 0.29) is 17.1 Å². The highest BCUT2D eigenvalue weighted by Crippen LogP contribution is 2.31. The standard InChI is InChI=1S/C15H16ClN3O2/c1-9-2-5-12(21-9)8-19(11-3-4-11)15(20)13-6-10(17)7-18-14(13)16/h2,5-7,11H,3-4,8,17H2,1H3. The van der Waals surface area contributed by atoms with Gasteiger partial charge in [-0.2, -0.15) is 0 Å². The largest absolute Gasteiger partial charge is 0.464 e. The van der Waals surface area contributed by atoms with Gasteiger partial charge < -0.3 is 15.1 Å². The predicted octanol–water partition coefficient (Wildman–Crippen LogP) is 3.02. The number of amides is 1. The fourth-order valence-corrected chi connectivity index (χ4v) is 2.44. The first-order valence-electron chi connectivity index (χ1n) is 6.82. The third-order valence-electron chi connectivity index (χ3n) is 3.46. The van der Waals surface area contributed by atoms with E-state index in [2.05, 4.69) is 4.98 Å². The number of nitrogens with zero attached hydrogens (tertiary/aromatic N) is 2. The van der Waals surface area contributed by atoms with Crippen LogP contribution in [-0.4, -0.2) is 21.8 Å². The Morgan fingerprint density at radius 1 is 1.52 bits per heavy atom. The minimum Gasteiger partial charge on any atom is -0.464 e. The van der Waals surface area contributed by atoms with Crippen LogP contribution in [-0.2, 0) is 6.54 Å². The lowest BCUT2D eigenvalue weighted by Gasteiger charge is -2.21. The number of rotatable bonds is 4. The van der Waals surface area contributed by atoms with Gasteiger partial charge in [0.1, 0.15) is 16.7 Å². The van der Waals surface area contributed by atoms with E-state index in [1.165, 1.54) is 6.20 Å². The molecule has 1 amide bonds. The number of aryl methyl sites for hydroxylation is 1. The monoisotopic (exact) mass is 305 g/mol. The van der Waals surface area contributed by atoms with Gasteiger partial charge >= 0.3 is 0 Å². The summed E-state index contributed by atoms with van der Waals surface area (Å²) in [6, 6.07) is 5.58. The Bertz CT molecular complexity index is 679. The minimum atomic E-state index is -0.156. The van der Waals surface area contributed by atoms with Crippen LogP contribution in [0.3, 0.4) is 0 Å². The number of carbonyl (C=O) groups is 1. The summed E-state index contributed by atoms with van der Waals surface area (Å²) in [7, 11) is 0. The van der Waals surface area contributed by atoms with E-state index in [9.17, 15) is 4.79 Å². The molecule has 6 heteroatoms. The summed E-state index contributed by atoms with van der Waals surface area (Å²) in [6.07, 6.45) is 3.44. The maximum Gasteiger partial charge on any atom is 0.257 e. The molecule has 2 aromatic heterocycles. The molecule has 0 spiro atoms. The third kappa shape index (κ3) is 3.03. The van der Waals surface area contributed by atoms with Gasteiger partial charge in [-0.25, -0.2) is 4.98 Å². The van der Waals surface area contributed by atoms with Crippen molar-refractivity contribution in [2.45, 2.75) is 32.4 Å². The smallest absolute Gasteiger partial charge is 0.257 e. The highest BCUT2D eigenvalue weighted by molar-refractivity contribution is 6.32. The lowest BCUT2D eigenvalue weighted by atomic mass is 10.2. The summed E-state index contributed by atoms with van der Waals surface area (Å²) in [5, 5.41) is 0.176. The van der Waals surface area contributed by atoms with Crippen molar-refractivity contribution in [2.24, 2.45) is 0 Å². The molecule has 1 aliphatic rings. The molecule has 1 fully saturated rings. The molecule has 21 heavy (non-hydrogen) atoms. The maximum atomic E-state index is 12.7. The Kier molecular flexibility index (Phi) is 3.59. The van der Waals surface area contributed by atoms with E-state index in [4.69, 9.17) is 21.8 Å². The van der Waals surface area contributed by atoms with Crippen molar-refractivity contribution in [2.75, 3.05) is 5.73 Å². The predicted molar refractivity (Wildman–Crippen MR) is 80.0 cm³/mol. The molecule has 3 rings (SSSR count). The first kappa shape index (κ1) is 13.9. The maximum absolute atomic E-state index is 12.7. The van der Waals surface area contributed by atoms with E-state index in [0.717, 1.165) is 24.4 Å². The molecule has 1 aliphatic carbocycles. The number of halogens is 1. The second-order valence-electron chi connectivity index (χ2n) is 5.28. The van der Waals surface area contributed by atoms with Crippen molar-refractivity contribution in [1.82, 2.24) is 9.88 Å². The molecule has 2 aromatic rings. The molecule has 0 radical (unpaired) electrons. The van der Waals surface area contributed by atoms with Gasteiger partial charge in [0.25, 0.3) is 5.91 Å². The van der Waals surface area contributed by atoms with Crippen molar-refractivity contribution < 1.29 is 9.21 Å². The molecule has 0 saturated heterocycles. The number of nitrogen functional groups attached to an aromatic ring is 1. The zero-order valence-electron chi connectivity index (χ0n) is 11.7. The van der Waals surface area contributed by atoms with Crippen LogP contribution in [0.15, 0.2) is 28.8 Å². The number of furan rings is 1. The van der Waals surface area contributed by atoms with Crippen LogP contribution < -0.4 is 5.73 Å². The zero-order chi connectivity index (χ0) is 15.0. The van der Waals surface area contributed by atoms with Crippen molar-refractivity contribution >= 4 is 23.2 Å². The van der Waals surface area contributed by atoms with Crippen molar-refractivity contribution in [3.05, 3.63) is 46.6 Å². The Morgan fingerprint density at radius 3 is 2.90 bits per heavy atom. The van der Waals surface area contributed by atoms with Gasteiger partial charge in [0, 0.05) is 6.04 Å². The summed E-state index contributed by atoms with van der Waals surface area (Å²) >= 11 is 6.03. The van der Waals surface area contributed by atoms with Gasteiger partial charge in [0.15, 0.2) is 0 Å². The minimum absolute atomic E-state index is 0.156. The highest BCUT2D eigenvalue weighted by Gasteiger charge is 2.34. The van der Waals surface area contributed by atoms with Crippen LogP contribution in [0.25, 0.3) is 0 Å². The molecule has 110 valence electrons. The summed E-state index contributed by atoms with van der Waals surface area (Å²) in [5.74, 6) is 1.44. The normalized spacial score (nSPS) is 14.2. The topological polar surface area (TPSA) is 72.4 Å². The van der Waals surface area contributed by atoms with Crippen molar-refractivity contribution in [1.29, 1.82) is 0 Å². The average molecular weight is 306 g/mol. The number of anilines is 1. The van der Waals surface area contributed by atoms with Gasteiger partial charge in [-0.15, -0.1) is 0 Å². The van der Waals surface area contributed by atoms with Gasteiger partial charge in [-0.05, 0) is 38.0 Å². The number of nitrogens with two attached hydrogens (primary N) is 1. The second kappa shape index (κ2) is 5.41. The van der Waals surface area contributed by atoms with E-state index in [1.54, 1.807) is 11.0 Å². The highest BCUT2D eigenvalue weighted by atomic mass is 35.5. The molecule has 2 heterocycles. The molecular weight excluding hydrogens is 290 g/mol. The zero-order valence-corrected chi connectivity index (χ0v) is 12.4. The molecule has 0 atom stereocenters. The van der Waals surface area contributed by atoms with Gasteiger partial charge in [-0.1, -0.05) is 11.6 Å². The Balaban J connectivity index is 1.86. The Hall–Kier alpha value is -2.01. The molecule has 0 aliphatic heterocycles. The fourth-order valence-electron chi connectivity index (χ4n) is 2.26. The molecule has 0 bridgehead atoms. The molecule has 0 unspecified atom stereocenters. The van der Waals surface area contributed by atoms with Crippen LogP contribution in [0.5, 0.6) is 0 Å². The van der Waals surface area contributed by atoms with Crippen LogP contribution in [0.4, 0.5) is 5.69 Å². The van der Waals surface area contributed by atoms with Gasteiger partial charge in [-0.3, -0.25) is 4.79 Å². The molecule has 2 N–H and O–H groups in total. The lowest BCUT2D eigenvalue weighted by molar-refractivity contribution is 0.0717. The third-order valence-corrected chi connectivity index (χ3v) is 3.76. The van der Waals surface area contributed by atoms with E-state index in [0.29, 0.717) is 17.8 Å². The van der Waals surface area contributed by atoms with E-state index < -0.39 is 0 Å². The Morgan fingerprint density at radius 2 is 2.29 bits per heavy atom. The quantitative estimate of drug-likeness (QED) is 0.881. The van der Waals surface area contributed by atoms with Gasteiger partial charge in [0.05, 0.1) is 24.0 Å². The number of hydrogen-bond acceptors (Lipinski definition) is 4. The molecular formula is C15H16ClN3O2. The van der Waals surface area contributed by atoms with Crippen molar-refractivity contribution in [3.63, 3.8) is 0 Å². The van der Waals surface area contributed by atoms with E-state index in [1.807, 2.05) is 19.1 Å². The van der Waals surface area contributed by atoms with Crippen LogP contribution in [0.1, 0.15) is 34.7 Å². The lowest BCUT2D eigenvalue weighted by Crippen LogP contribution is -2.32. The molecule has 5 nitrogen and oxygen atoms in total. The van der Waals surface area contributed by atoms with Crippen LogP contribution in [0, 0.1) is 6.92 Å². The first-order valence-corrected chi connectivity index (χ1v) is 7.19. The first-order chi connectivity index (χ1) is 10.0. The average Bonchev–Trinajstić information content (AvgIpc) is 3.21. The Labute approximate surface area is 127 Å². The van der Waals surface area contributed by atoms with Crippen LogP contribution >= 0.6 is 11.6 Å². The SMILES string of the molecule is Cc1ccc(CN(C(=O)c2cc(N)cnc2Cl)C2CC2)o1. The summed E-state index contributed by atoms with van der Waals surface area (Å²) in [4.78, 5) is 18.4. The summed E-state index contributed by atoms with van der Waals surface area (Å²) in [5.41, 5.74) is 6.47. The van der Waals surface area contributed by atoms with Gasteiger partial charge in [0.2, 0.25) is 0 Å². The molecule has 1 saturated carbocycles. The summed E-state index contributed by atoms with van der Waals surface area (Å²) in [6.45, 7) is 2.31. The number of hydrogen-bond donors (Lipinski definition) is 1. The van der Waals surface area contributed by atoms with E-state index >= 15 is 0 Å². The number of carbonyl (C=O) groups excluding carboxylic acids is 1. The fraction of sp³-hybridized carbons (Fsp3) is 0.333. The number of aromatic nitrogens is 1.